The molecule has 2 heterocycles. The van der Waals surface area contributed by atoms with Gasteiger partial charge in [-0.05, 0) is 49.8 Å². The Bertz CT molecular complexity index is 741. The van der Waals surface area contributed by atoms with E-state index in [9.17, 15) is 4.79 Å². The quantitative estimate of drug-likeness (QED) is 0.808. The lowest BCUT2D eigenvalue weighted by molar-refractivity contribution is -0.120. The van der Waals surface area contributed by atoms with E-state index in [1.54, 1.807) is 0 Å². The van der Waals surface area contributed by atoms with E-state index >= 15 is 0 Å². The first kappa shape index (κ1) is 17.1. The molecule has 2 aromatic carbocycles. The molecule has 0 radical (unpaired) electrons. The van der Waals surface area contributed by atoms with E-state index in [0.717, 1.165) is 38.2 Å². The van der Waals surface area contributed by atoms with Gasteiger partial charge in [0.15, 0.2) is 0 Å². The molecule has 0 amide bonds. The van der Waals surface area contributed by atoms with Gasteiger partial charge in [-0.1, -0.05) is 42.5 Å². The average molecular weight is 350 g/mol. The summed E-state index contributed by atoms with van der Waals surface area (Å²) in [7, 11) is 0. The Morgan fingerprint density at radius 1 is 0.846 bits per heavy atom. The van der Waals surface area contributed by atoms with Gasteiger partial charge in [-0.15, -0.1) is 5.06 Å². The fraction of sp³-hybridized carbons (Fsp3) is 0.409. The van der Waals surface area contributed by atoms with Gasteiger partial charge >= 0.3 is 5.97 Å². The summed E-state index contributed by atoms with van der Waals surface area (Å²) in [6, 6.07) is 18.3. The second-order valence-electron chi connectivity index (χ2n) is 7.15. The van der Waals surface area contributed by atoms with Crippen molar-refractivity contribution < 1.29 is 9.63 Å². The molecule has 136 valence electrons. The molecule has 0 N–H and O–H groups in total. The SMILES string of the molecule is O=C(ON1CCCC1c1ccccc1)c1ccccc1N1CCCCC1. The maximum atomic E-state index is 13.0. The largest absolute Gasteiger partial charge is 0.371 e. The Morgan fingerprint density at radius 2 is 1.58 bits per heavy atom. The van der Waals surface area contributed by atoms with Gasteiger partial charge in [0.05, 0.1) is 17.3 Å². The molecular formula is C22H26N2O2. The second-order valence-corrected chi connectivity index (χ2v) is 7.15. The minimum atomic E-state index is -0.242. The van der Waals surface area contributed by atoms with Crippen molar-refractivity contribution in [3.8, 4) is 0 Å². The van der Waals surface area contributed by atoms with Crippen LogP contribution in [-0.4, -0.2) is 30.7 Å². The minimum Gasteiger partial charge on any atom is -0.371 e. The van der Waals surface area contributed by atoms with Crippen LogP contribution in [0.5, 0.6) is 0 Å². The summed E-state index contributed by atoms with van der Waals surface area (Å²) in [5.41, 5.74) is 2.89. The summed E-state index contributed by atoms with van der Waals surface area (Å²) in [6.45, 7) is 2.82. The molecule has 2 saturated heterocycles. The van der Waals surface area contributed by atoms with E-state index in [1.807, 2.05) is 47.5 Å². The van der Waals surface area contributed by atoms with E-state index in [4.69, 9.17) is 4.84 Å². The molecular weight excluding hydrogens is 324 g/mol. The number of hydroxylamine groups is 2. The number of carbonyl (C=O) groups excluding carboxylic acids is 1. The summed E-state index contributed by atoms with van der Waals surface area (Å²) in [6.07, 6.45) is 5.71. The van der Waals surface area contributed by atoms with Crippen LogP contribution in [0.15, 0.2) is 54.6 Å². The molecule has 0 aliphatic carbocycles. The van der Waals surface area contributed by atoms with Crippen molar-refractivity contribution in [2.24, 2.45) is 0 Å². The third kappa shape index (κ3) is 3.61. The summed E-state index contributed by atoms with van der Waals surface area (Å²) in [4.78, 5) is 21.1. The second kappa shape index (κ2) is 7.92. The van der Waals surface area contributed by atoms with E-state index < -0.39 is 0 Å². The fourth-order valence-electron chi connectivity index (χ4n) is 4.07. The summed E-state index contributed by atoms with van der Waals surface area (Å²) >= 11 is 0. The van der Waals surface area contributed by atoms with Gasteiger partial charge in [0, 0.05) is 19.6 Å². The number of hydrogen-bond acceptors (Lipinski definition) is 4. The highest BCUT2D eigenvalue weighted by Crippen LogP contribution is 2.33. The van der Waals surface area contributed by atoms with Gasteiger partial charge in [0.1, 0.15) is 0 Å². The van der Waals surface area contributed by atoms with Crippen molar-refractivity contribution in [3.05, 3.63) is 65.7 Å². The van der Waals surface area contributed by atoms with E-state index in [2.05, 4.69) is 17.0 Å². The Morgan fingerprint density at radius 3 is 2.38 bits per heavy atom. The predicted molar refractivity (Wildman–Crippen MR) is 103 cm³/mol. The summed E-state index contributed by atoms with van der Waals surface area (Å²) < 4.78 is 0. The van der Waals surface area contributed by atoms with Crippen LogP contribution in [-0.2, 0) is 4.84 Å². The van der Waals surface area contributed by atoms with Crippen LogP contribution in [0.4, 0.5) is 5.69 Å². The van der Waals surface area contributed by atoms with Gasteiger partial charge in [-0.25, -0.2) is 4.79 Å². The minimum absolute atomic E-state index is 0.155. The van der Waals surface area contributed by atoms with Gasteiger partial charge in [-0.2, -0.15) is 0 Å². The number of rotatable bonds is 4. The van der Waals surface area contributed by atoms with Crippen molar-refractivity contribution in [1.29, 1.82) is 0 Å². The molecule has 2 aliphatic heterocycles. The molecule has 0 bridgehead atoms. The highest BCUT2D eigenvalue weighted by molar-refractivity contribution is 5.95. The van der Waals surface area contributed by atoms with Crippen LogP contribution in [0.1, 0.15) is 54.1 Å². The van der Waals surface area contributed by atoms with Crippen molar-refractivity contribution in [2.75, 3.05) is 24.5 Å². The Balaban J connectivity index is 1.51. The number of anilines is 1. The lowest BCUT2D eigenvalue weighted by Crippen LogP contribution is -2.32. The molecule has 2 fully saturated rings. The third-order valence-electron chi connectivity index (χ3n) is 5.41. The maximum Gasteiger partial charge on any atom is 0.359 e. The number of hydrogen-bond donors (Lipinski definition) is 0. The smallest absolute Gasteiger partial charge is 0.359 e. The molecule has 2 aliphatic rings. The van der Waals surface area contributed by atoms with Crippen molar-refractivity contribution in [2.45, 2.75) is 38.1 Å². The Kier molecular flexibility index (Phi) is 5.21. The van der Waals surface area contributed by atoms with E-state index in [1.165, 1.54) is 24.8 Å². The van der Waals surface area contributed by atoms with Crippen LogP contribution < -0.4 is 4.90 Å². The first-order valence-electron chi connectivity index (χ1n) is 9.71. The number of benzene rings is 2. The summed E-state index contributed by atoms with van der Waals surface area (Å²) in [5.74, 6) is -0.242. The Labute approximate surface area is 155 Å². The standard InChI is InChI=1S/C22H26N2O2/c25-22(19-12-5-6-13-21(19)23-15-7-2-8-16-23)26-24-17-9-14-20(24)18-10-3-1-4-11-18/h1,3-6,10-13,20H,2,7-9,14-17H2. The van der Waals surface area contributed by atoms with Gasteiger partial charge in [0.2, 0.25) is 0 Å². The zero-order valence-electron chi connectivity index (χ0n) is 15.1. The summed E-state index contributed by atoms with van der Waals surface area (Å²) in [5, 5.41) is 1.87. The molecule has 2 aromatic rings. The lowest BCUT2D eigenvalue weighted by Gasteiger charge is -2.30. The lowest BCUT2D eigenvalue weighted by atomic mass is 10.1. The zero-order chi connectivity index (χ0) is 17.8. The molecule has 4 nitrogen and oxygen atoms in total. The predicted octanol–water partition coefficient (Wildman–Crippen LogP) is 4.59. The van der Waals surface area contributed by atoms with Crippen LogP contribution in [0.25, 0.3) is 0 Å². The molecule has 4 heteroatoms. The molecule has 1 atom stereocenters. The normalized spacial score (nSPS) is 20.9. The van der Waals surface area contributed by atoms with Crippen LogP contribution in [0.2, 0.25) is 0 Å². The molecule has 1 unspecified atom stereocenters. The van der Waals surface area contributed by atoms with Crippen molar-refractivity contribution in [3.63, 3.8) is 0 Å². The highest BCUT2D eigenvalue weighted by Gasteiger charge is 2.30. The van der Waals surface area contributed by atoms with Crippen LogP contribution >= 0.6 is 0 Å². The van der Waals surface area contributed by atoms with E-state index in [0.29, 0.717) is 5.56 Å². The molecule has 0 spiro atoms. The highest BCUT2D eigenvalue weighted by atomic mass is 16.7. The third-order valence-corrected chi connectivity index (χ3v) is 5.41. The molecule has 0 saturated carbocycles. The first-order valence-corrected chi connectivity index (χ1v) is 9.71. The van der Waals surface area contributed by atoms with Crippen LogP contribution in [0.3, 0.4) is 0 Å². The van der Waals surface area contributed by atoms with Gasteiger partial charge in [-0.3, -0.25) is 0 Å². The molecule has 4 rings (SSSR count). The first-order chi connectivity index (χ1) is 12.8. The van der Waals surface area contributed by atoms with Crippen molar-refractivity contribution >= 4 is 11.7 Å². The number of carbonyl (C=O) groups is 1. The zero-order valence-corrected chi connectivity index (χ0v) is 15.1. The number of para-hydroxylation sites is 1. The number of piperidine rings is 1. The van der Waals surface area contributed by atoms with Gasteiger partial charge in [0.25, 0.3) is 0 Å². The van der Waals surface area contributed by atoms with Crippen LogP contribution in [0, 0.1) is 0 Å². The maximum absolute atomic E-state index is 13.0. The average Bonchev–Trinajstić information content (AvgIpc) is 3.17. The monoisotopic (exact) mass is 350 g/mol. The van der Waals surface area contributed by atoms with Gasteiger partial charge < -0.3 is 9.74 Å². The fourth-order valence-corrected chi connectivity index (χ4v) is 4.07. The Hall–Kier alpha value is -2.33. The number of nitrogens with zero attached hydrogens (tertiary/aromatic N) is 2. The molecule has 0 aromatic heterocycles. The molecule has 26 heavy (non-hydrogen) atoms. The van der Waals surface area contributed by atoms with E-state index in [-0.39, 0.29) is 12.0 Å². The van der Waals surface area contributed by atoms with Crippen molar-refractivity contribution in [1.82, 2.24) is 5.06 Å². The topological polar surface area (TPSA) is 32.8 Å².